The number of carbonyl (C=O) groups excluding carboxylic acids is 1. The van der Waals surface area contributed by atoms with Crippen LogP contribution in [-0.2, 0) is 24.3 Å². The quantitative estimate of drug-likeness (QED) is 0.220. The van der Waals surface area contributed by atoms with Crippen LogP contribution < -0.4 is 10.9 Å². The van der Waals surface area contributed by atoms with Gasteiger partial charge in [-0.1, -0.05) is 11.6 Å². The summed E-state index contributed by atoms with van der Waals surface area (Å²) in [5.41, 5.74) is 4.76. The number of aliphatic carboxylic acids is 1. The van der Waals surface area contributed by atoms with E-state index in [0.29, 0.717) is 0 Å². The lowest BCUT2D eigenvalue weighted by atomic mass is 9.99. The molecule has 27 heavy (non-hydrogen) atoms. The largest absolute Gasteiger partial charge is 0.479 e. The van der Waals surface area contributed by atoms with Crippen LogP contribution >= 0.6 is 11.6 Å². The van der Waals surface area contributed by atoms with Gasteiger partial charge >= 0.3 is 11.9 Å². The molecule has 0 spiro atoms. The number of aliphatic hydroxyl groups is 3. The van der Waals surface area contributed by atoms with Crippen LogP contribution in [0.1, 0.15) is 10.4 Å². The van der Waals surface area contributed by atoms with Crippen molar-refractivity contribution in [3.8, 4) is 0 Å². The molecule has 1 aromatic carbocycles. The van der Waals surface area contributed by atoms with Gasteiger partial charge in [0, 0.05) is 5.69 Å². The molecule has 1 aliphatic rings. The first-order valence-electron chi connectivity index (χ1n) is 7.10. The minimum atomic E-state index is -4.31. The summed E-state index contributed by atoms with van der Waals surface area (Å²) < 4.78 is 32.5. The topological polar surface area (TPSA) is 220 Å². The van der Waals surface area contributed by atoms with E-state index < -0.39 is 63.1 Å². The lowest BCUT2D eigenvalue weighted by Crippen LogP contribution is -2.60. The minimum absolute atomic E-state index is 0.307. The number of hydrogen-bond donors (Lipinski definition) is 6. The number of nitrogen functional groups attached to an aromatic ring is 1. The third-order valence-corrected chi connectivity index (χ3v) is 5.04. The Kier molecular flexibility index (Phi) is 5.96. The molecule has 12 nitrogen and oxygen atoms in total. The van der Waals surface area contributed by atoms with Crippen LogP contribution in [-0.4, -0.2) is 71.5 Å². The van der Waals surface area contributed by atoms with Gasteiger partial charge in [-0.2, -0.15) is 0 Å². The van der Waals surface area contributed by atoms with Gasteiger partial charge in [0.2, 0.25) is 16.3 Å². The van der Waals surface area contributed by atoms with Gasteiger partial charge in [-0.25, -0.2) is 23.1 Å². The van der Waals surface area contributed by atoms with Crippen molar-refractivity contribution < 1.29 is 47.9 Å². The second-order valence-corrected chi connectivity index (χ2v) is 7.49. The molecule has 14 heteroatoms. The second kappa shape index (κ2) is 7.55. The van der Waals surface area contributed by atoms with Crippen LogP contribution in [0.4, 0.5) is 5.69 Å². The Hall–Kier alpha value is -2.00. The number of anilines is 1. The highest BCUT2D eigenvalue weighted by molar-refractivity contribution is 7.89. The van der Waals surface area contributed by atoms with E-state index in [-0.39, 0.29) is 10.7 Å². The number of carboxylic acid groups (broad SMARTS) is 1. The molecule has 0 saturated carbocycles. The summed E-state index contributed by atoms with van der Waals surface area (Å²) in [6.07, 6.45) is -9.97. The summed E-state index contributed by atoms with van der Waals surface area (Å²) in [7, 11) is -4.31. The first-order valence-corrected chi connectivity index (χ1v) is 9.02. The predicted octanol–water partition coefficient (Wildman–Crippen LogP) is -2.38. The number of halogens is 1. The third kappa shape index (κ3) is 4.30. The molecule has 5 unspecified atom stereocenters. The lowest BCUT2D eigenvalue weighted by molar-refractivity contribution is -0.278. The Morgan fingerprint density at radius 1 is 1.15 bits per heavy atom. The highest BCUT2D eigenvalue weighted by Crippen LogP contribution is 2.28. The number of aliphatic hydroxyl groups excluding tert-OH is 3. The molecule has 1 aromatic rings. The van der Waals surface area contributed by atoms with Crippen molar-refractivity contribution in [1.82, 2.24) is 0 Å². The van der Waals surface area contributed by atoms with Gasteiger partial charge in [-0.3, -0.25) is 0 Å². The number of hydrogen-bond acceptors (Lipinski definition) is 10. The van der Waals surface area contributed by atoms with Gasteiger partial charge in [-0.05, 0) is 12.1 Å². The van der Waals surface area contributed by atoms with Crippen LogP contribution in [0.5, 0.6) is 0 Å². The molecule has 1 fully saturated rings. The van der Waals surface area contributed by atoms with Crippen LogP contribution in [0, 0.1) is 0 Å². The van der Waals surface area contributed by atoms with E-state index in [9.17, 15) is 33.3 Å². The lowest BCUT2D eigenvalue weighted by Gasteiger charge is -2.37. The smallest absolute Gasteiger partial charge is 0.342 e. The molecule has 150 valence electrons. The molecule has 1 heterocycles. The molecule has 5 atom stereocenters. The summed E-state index contributed by atoms with van der Waals surface area (Å²) in [6.45, 7) is 0. The monoisotopic (exact) mass is 426 g/mol. The summed E-state index contributed by atoms with van der Waals surface area (Å²) >= 11 is 5.71. The van der Waals surface area contributed by atoms with Crippen LogP contribution in [0.3, 0.4) is 0 Å². The van der Waals surface area contributed by atoms with Crippen molar-refractivity contribution >= 4 is 39.3 Å². The second-order valence-electron chi connectivity index (χ2n) is 5.56. The summed E-state index contributed by atoms with van der Waals surface area (Å²) in [5, 5.41) is 42.7. The number of benzene rings is 1. The number of carbonyl (C=O) groups is 2. The molecule has 0 aliphatic carbocycles. The molecule has 1 aliphatic heterocycles. The van der Waals surface area contributed by atoms with E-state index in [4.69, 9.17) is 37.1 Å². The Bertz CT molecular complexity index is 876. The van der Waals surface area contributed by atoms with E-state index in [2.05, 4.69) is 0 Å². The fraction of sp³-hybridized carbons (Fsp3) is 0.385. The standard InChI is InChI=1S/C13H15ClN2O10S/c14-4-2-5(15)3(1-6(4)27(16,23)24)12(22)26-13-9(19)7(17)8(18)10(25-13)11(20)21/h1-2,7-10,13,17-19H,15H2,(H,20,21)(H2,16,23,24). The van der Waals surface area contributed by atoms with Crippen molar-refractivity contribution in [3.63, 3.8) is 0 Å². The predicted molar refractivity (Wildman–Crippen MR) is 87.0 cm³/mol. The number of primary sulfonamides is 1. The Labute approximate surface area is 156 Å². The van der Waals surface area contributed by atoms with Crippen molar-refractivity contribution in [3.05, 3.63) is 22.7 Å². The maximum Gasteiger partial charge on any atom is 0.342 e. The summed E-state index contributed by atoms with van der Waals surface area (Å²) in [4.78, 5) is 22.7. The molecule has 2 rings (SSSR count). The number of rotatable bonds is 4. The molecular weight excluding hydrogens is 412 g/mol. The minimum Gasteiger partial charge on any atom is -0.479 e. The van der Waals surface area contributed by atoms with Crippen LogP contribution in [0.2, 0.25) is 5.02 Å². The van der Waals surface area contributed by atoms with E-state index >= 15 is 0 Å². The van der Waals surface area contributed by atoms with Crippen LogP contribution in [0.25, 0.3) is 0 Å². The van der Waals surface area contributed by atoms with Crippen LogP contribution in [0.15, 0.2) is 17.0 Å². The third-order valence-electron chi connectivity index (χ3n) is 3.67. The van der Waals surface area contributed by atoms with Gasteiger partial charge in [0.15, 0.2) is 6.10 Å². The number of esters is 1. The van der Waals surface area contributed by atoms with Crippen molar-refractivity contribution in [2.45, 2.75) is 35.6 Å². The molecular formula is C13H15ClN2O10S. The van der Waals surface area contributed by atoms with Gasteiger partial charge in [0.05, 0.1) is 10.6 Å². The Morgan fingerprint density at radius 3 is 2.26 bits per heavy atom. The molecule has 0 radical (unpaired) electrons. The molecule has 0 bridgehead atoms. The van der Waals surface area contributed by atoms with Crippen molar-refractivity contribution in [1.29, 1.82) is 0 Å². The number of nitrogens with two attached hydrogens (primary N) is 2. The highest BCUT2D eigenvalue weighted by Gasteiger charge is 2.48. The van der Waals surface area contributed by atoms with Crippen molar-refractivity contribution in [2.24, 2.45) is 5.14 Å². The van der Waals surface area contributed by atoms with E-state index in [1.54, 1.807) is 0 Å². The summed E-state index contributed by atoms with van der Waals surface area (Å²) in [6, 6.07) is 1.65. The average molecular weight is 427 g/mol. The zero-order chi connectivity index (χ0) is 20.7. The Balaban J connectivity index is 2.33. The zero-order valence-corrected chi connectivity index (χ0v) is 14.8. The fourth-order valence-corrected chi connectivity index (χ4v) is 3.39. The van der Waals surface area contributed by atoms with E-state index in [1.807, 2.05) is 0 Å². The van der Waals surface area contributed by atoms with Gasteiger partial charge in [0.25, 0.3) is 0 Å². The van der Waals surface area contributed by atoms with Gasteiger partial charge in [-0.15, -0.1) is 0 Å². The average Bonchev–Trinajstić information content (AvgIpc) is 2.53. The molecule has 8 N–H and O–H groups in total. The number of ether oxygens (including phenoxy) is 2. The maximum absolute atomic E-state index is 12.3. The van der Waals surface area contributed by atoms with Crippen molar-refractivity contribution in [2.75, 3.05) is 5.73 Å². The highest BCUT2D eigenvalue weighted by atomic mass is 35.5. The number of sulfonamides is 1. The van der Waals surface area contributed by atoms with E-state index in [1.165, 1.54) is 0 Å². The fourth-order valence-electron chi connectivity index (χ4n) is 2.28. The Morgan fingerprint density at radius 2 is 1.74 bits per heavy atom. The first-order chi connectivity index (χ1) is 12.3. The summed E-state index contributed by atoms with van der Waals surface area (Å²) in [5.74, 6) is -3.01. The molecule has 0 amide bonds. The van der Waals surface area contributed by atoms with Gasteiger partial charge in [0.1, 0.15) is 23.2 Å². The normalized spacial score (nSPS) is 28.6. The molecule has 0 aromatic heterocycles. The SMILES string of the molecule is Nc1cc(Cl)c(S(N)(=O)=O)cc1C(=O)OC1OC(C(=O)O)C(O)C(O)C1O. The molecule has 1 saturated heterocycles. The first kappa shape index (κ1) is 21.3. The maximum atomic E-state index is 12.3. The van der Waals surface area contributed by atoms with E-state index in [0.717, 1.165) is 12.1 Å². The van der Waals surface area contributed by atoms with Gasteiger partial charge < -0.3 is 35.6 Å². The zero-order valence-electron chi connectivity index (χ0n) is 13.2. The number of carboxylic acids is 1.